The molecule has 1 aliphatic heterocycles. The molecule has 0 fully saturated rings. The Hall–Kier alpha value is -1.54. The van der Waals surface area contributed by atoms with E-state index in [4.69, 9.17) is 11.6 Å². The van der Waals surface area contributed by atoms with Crippen LogP contribution in [0.15, 0.2) is 30.5 Å². The smallest absolute Gasteiger partial charge is 0.0510 e. The number of aryl methyl sites for hydroxylation is 3. The molecule has 0 N–H and O–H groups in total. The van der Waals surface area contributed by atoms with Crippen LogP contribution < -0.4 is 4.90 Å². The number of pyridine rings is 1. The maximum atomic E-state index is 6.09. The van der Waals surface area contributed by atoms with Crippen molar-refractivity contribution in [2.45, 2.75) is 32.6 Å². The van der Waals surface area contributed by atoms with E-state index in [1.165, 1.54) is 28.9 Å². The van der Waals surface area contributed by atoms with Crippen LogP contribution in [0.1, 0.15) is 28.8 Å². The molecule has 20 heavy (non-hydrogen) atoms. The molecule has 0 spiro atoms. The quantitative estimate of drug-likeness (QED) is 0.755. The molecule has 0 bridgehead atoms. The summed E-state index contributed by atoms with van der Waals surface area (Å²) in [6, 6.07) is 8.87. The van der Waals surface area contributed by atoms with Crippen LogP contribution in [0.4, 0.5) is 11.4 Å². The highest BCUT2D eigenvalue weighted by atomic mass is 35.5. The van der Waals surface area contributed by atoms with Gasteiger partial charge in [0.15, 0.2) is 0 Å². The summed E-state index contributed by atoms with van der Waals surface area (Å²) >= 11 is 6.09. The van der Waals surface area contributed by atoms with E-state index in [1.54, 1.807) is 0 Å². The third-order valence-electron chi connectivity index (χ3n) is 3.89. The van der Waals surface area contributed by atoms with Crippen molar-refractivity contribution in [3.05, 3.63) is 52.8 Å². The number of rotatable bonds is 2. The summed E-state index contributed by atoms with van der Waals surface area (Å²) in [5.74, 6) is 0.500. The van der Waals surface area contributed by atoms with E-state index in [9.17, 15) is 0 Å². The van der Waals surface area contributed by atoms with Crippen LogP contribution in [0.25, 0.3) is 0 Å². The van der Waals surface area contributed by atoms with Gasteiger partial charge in [-0.05, 0) is 44.4 Å². The van der Waals surface area contributed by atoms with Crippen molar-refractivity contribution in [1.29, 1.82) is 0 Å². The van der Waals surface area contributed by atoms with Crippen LogP contribution in [0.2, 0.25) is 0 Å². The highest BCUT2D eigenvalue weighted by Gasteiger charge is 2.20. The summed E-state index contributed by atoms with van der Waals surface area (Å²) in [6.45, 7) is 5.23. The van der Waals surface area contributed by atoms with Gasteiger partial charge < -0.3 is 4.90 Å². The molecule has 0 saturated heterocycles. The predicted molar refractivity (Wildman–Crippen MR) is 85.0 cm³/mol. The van der Waals surface area contributed by atoms with Crippen LogP contribution >= 0.6 is 11.6 Å². The lowest BCUT2D eigenvalue weighted by molar-refractivity contribution is 0.763. The number of fused-ring (bicyclic) bond motifs is 1. The van der Waals surface area contributed by atoms with Gasteiger partial charge in [-0.1, -0.05) is 17.7 Å². The minimum Gasteiger partial charge on any atom is -0.341 e. The van der Waals surface area contributed by atoms with Crippen LogP contribution in [0, 0.1) is 13.8 Å². The van der Waals surface area contributed by atoms with Gasteiger partial charge >= 0.3 is 0 Å². The molecule has 0 radical (unpaired) electrons. The van der Waals surface area contributed by atoms with Crippen LogP contribution in [0.5, 0.6) is 0 Å². The molecule has 0 amide bonds. The van der Waals surface area contributed by atoms with E-state index in [0.29, 0.717) is 5.88 Å². The number of alkyl halides is 1. The molecular weight excluding hydrogens is 268 g/mol. The van der Waals surface area contributed by atoms with E-state index < -0.39 is 0 Å². The van der Waals surface area contributed by atoms with Crippen LogP contribution in [-0.2, 0) is 12.3 Å². The lowest BCUT2D eigenvalue weighted by atomic mass is 9.98. The van der Waals surface area contributed by atoms with Gasteiger partial charge in [-0.15, -0.1) is 11.6 Å². The van der Waals surface area contributed by atoms with Crippen LogP contribution in [-0.4, -0.2) is 11.5 Å². The van der Waals surface area contributed by atoms with Crippen LogP contribution in [0.3, 0.4) is 0 Å². The zero-order valence-electron chi connectivity index (χ0n) is 12.0. The normalized spacial score (nSPS) is 14.2. The van der Waals surface area contributed by atoms with Crippen molar-refractivity contribution in [3.63, 3.8) is 0 Å². The molecule has 2 nitrogen and oxygen atoms in total. The van der Waals surface area contributed by atoms with Gasteiger partial charge in [0, 0.05) is 35.4 Å². The number of hydrogen-bond donors (Lipinski definition) is 0. The Morgan fingerprint density at radius 1 is 1.20 bits per heavy atom. The first-order valence-electron chi connectivity index (χ1n) is 7.07. The number of anilines is 2. The Kier molecular flexibility index (Phi) is 3.66. The van der Waals surface area contributed by atoms with Crippen molar-refractivity contribution in [3.8, 4) is 0 Å². The fourth-order valence-corrected chi connectivity index (χ4v) is 3.11. The summed E-state index contributed by atoms with van der Waals surface area (Å²) in [7, 11) is 0. The number of halogens is 1. The van der Waals surface area contributed by atoms with Gasteiger partial charge in [-0.3, -0.25) is 4.98 Å². The predicted octanol–water partition coefficient (Wildman–Crippen LogP) is 4.52. The fourth-order valence-electron chi connectivity index (χ4n) is 2.90. The second kappa shape index (κ2) is 5.45. The number of nitrogens with zero attached hydrogens (tertiary/aromatic N) is 2. The minimum atomic E-state index is 0.500. The minimum absolute atomic E-state index is 0.500. The number of benzene rings is 1. The van der Waals surface area contributed by atoms with E-state index in [1.807, 2.05) is 13.1 Å². The highest BCUT2D eigenvalue weighted by molar-refractivity contribution is 6.17. The monoisotopic (exact) mass is 286 g/mol. The first-order chi connectivity index (χ1) is 9.69. The average molecular weight is 287 g/mol. The second-order valence-corrected chi connectivity index (χ2v) is 5.74. The molecule has 1 aromatic carbocycles. The molecule has 0 atom stereocenters. The summed E-state index contributed by atoms with van der Waals surface area (Å²) < 4.78 is 0. The SMILES string of the molecule is Cc1ccc2c(c1)CCCN2c1cc(C)ncc1CCl. The second-order valence-electron chi connectivity index (χ2n) is 5.48. The third-order valence-corrected chi connectivity index (χ3v) is 4.17. The molecule has 2 aromatic rings. The van der Waals surface area contributed by atoms with E-state index in [-0.39, 0.29) is 0 Å². The highest BCUT2D eigenvalue weighted by Crippen LogP contribution is 2.36. The van der Waals surface area contributed by atoms with Crippen molar-refractivity contribution >= 4 is 23.0 Å². The number of aromatic nitrogens is 1. The van der Waals surface area contributed by atoms with Crippen molar-refractivity contribution in [1.82, 2.24) is 4.98 Å². The van der Waals surface area contributed by atoms with E-state index in [2.05, 4.69) is 41.1 Å². The lowest BCUT2D eigenvalue weighted by Crippen LogP contribution is -2.25. The molecule has 0 aliphatic carbocycles. The molecular formula is C17H19ClN2. The third kappa shape index (κ3) is 2.40. The van der Waals surface area contributed by atoms with Gasteiger partial charge in [-0.2, -0.15) is 0 Å². The van der Waals surface area contributed by atoms with Gasteiger partial charge in [0.2, 0.25) is 0 Å². The van der Waals surface area contributed by atoms with Gasteiger partial charge in [0.1, 0.15) is 0 Å². The molecule has 1 aliphatic rings. The lowest BCUT2D eigenvalue weighted by Gasteiger charge is -2.33. The van der Waals surface area contributed by atoms with E-state index in [0.717, 1.165) is 24.2 Å². The molecule has 3 rings (SSSR count). The van der Waals surface area contributed by atoms with Crippen molar-refractivity contribution in [2.24, 2.45) is 0 Å². The Labute approximate surface area is 125 Å². The summed E-state index contributed by atoms with van der Waals surface area (Å²) in [6.07, 6.45) is 4.24. The van der Waals surface area contributed by atoms with Gasteiger partial charge in [0.05, 0.1) is 5.88 Å². The zero-order valence-corrected chi connectivity index (χ0v) is 12.7. The fraction of sp³-hybridized carbons (Fsp3) is 0.353. The molecule has 0 saturated carbocycles. The summed E-state index contributed by atoms with van der Waals surface area (Å²) in [5.41, 5.74) is 7.43. The van der Waals surface area contributed by atoms with Crippen molar-refractivity contribution in [2.75, 3.05) is 11.4 Å². The first kappa shape index (κ1) is 13.4. The Morgan fingerprint density at radius 2 is 2.05 bits per heavy atom. The van der Waals surface area contributed by atoms with Crippen molar-refractivity contribution < 1.29 is 0 Å². The topological polar surface area (TPSA) is 16.1 Å². The zero-order chi connectivity index (χ0) is 14.1. The molecule has 1 aromatic heterocycles. The Bertz CT molecular complexity index is 637. The molecule has 3 heteroatoms. The standard InChI is InChI=1S/C17H19ClN2/c1-12-5-6-16-14(8-12)4-3-7-20(16)17-9-13(2)19-11-15(17)10-18/h5-6,8-9,11H,3-4,7,10H2,1-2H3. The molecule has 2 heterocycles. The average Bonchev–Trinajstić information content (AvgIpc) is 2.46. The Balaban J connectivity index is 2.11. The first-order valence-corrected chi connectivity index (χ1v) is 7.61. The maximum Gasteiger partial charge on any atom is 0.0510 e. The largest absolute Gasteiger partial charge is 0.341 e. The number of hydrogen-bond acceptors (Lipinski definition) is 2. The Morgan fingerprint density at radius 3 is 2.85 bits per heavy atom. The molecule has 0 unspecified atom stereocenters. The maximum absolute atomic E-state index is 6.09. The van der Waals surface area contributed by atoms with E-state index >= 15 is 0 Å². The van der Waals surface area contributed by atoms with Gasteiger partial charge in [0.25, 0.3) is 0 Å². The van der Waals surface area contributed by atoms with Gasteiger partial charge in [-0.25, -0.2) is 0 Å². The summed E-state index contributed by atoms with van der Waals surface area (Å²) in [4.78, 5) is 6.76. The summed E-state index contributed by atoms with van der Waals surface area (Å²) in [5, 5.41) is 0. The molecule has 104 valence electrons.